The first-order chi connectivity index (χ1) is 14.5. The average Bonchev–Trinajstić information content (AvgIpc) is 2.99. The number of nitrogens with zero attached hydrogens (tertiary/aromatic N) is 1. The van der Waals surface area contributed by atoms with Gasteiger partial charge in [-0.15, -0.1) is 6.58 Å². The number of benzene rings is 1. The molecule has 1 N–H and O–H groups in total. The van der Waals surface area contributed by atoms with Crippen LogP contribution in [0, 0.1) is 13.8 Å². The summed E-state index contributed by atoms with van der Waals surface area (Å²) in [7, 11) is -2.57. The number of rotatable bonds is 10. The lowest BCUT2D eigenvalue weighted by atomic mass is 10.1. The summed E-state index contributed by atoms with van der Waals surface area (Å²) in [5, 5.41) is 0. The predicted molar refractivity (Wildman–Crippen MR) is 117 cm³/mol. The monoisotopic (exact) mass is 448 g/mol. The number of carbonyl (C=O) groups excluding carboxylic acids is 2. The van der Waals surface area contributed by atoms with Gasteiger partial charge in [0, 0.05) is 29.5 Å². The van der Waals surface area contributed by atoms with Crippen molar-refractivity contribution in [1.29, 1.82) is 0 Å². The van der Waals surface area contributed by atoms with Crippen molar-refractivity contribution in [2.75, 3.05) is 13.7 Å². The zero-order valence-corrected chi connectivity index (χ0v) is 19.2. The number of nitrogens with one attached hydrogen (secondary N) is 1. The topological polar surface area (TPSA) is 104 Å². The fraction of sp³-hybridized carbons (Fsp3) is 0.364. The molecule has 2 aromatic rings. The summed E-state index contributed by atoms with van der Waals surface area (Å²) in [6, 6.07) is 5.33. The first kappa shape index (κ1) is 24.4. The number of aromatic nitrogens is 1. The summed E-state index contributed by atoms with van der Waals surface area (Å²) >= 11 is 0. The molecule has 0 amide bonds. The van der Waals surface area contributed by atoms with Gasteiger partial charge in [-0.1, -0.05) is 6.08 Å². The van der Waals surface area contributed by atoms with Gasteiger partial charge in [-0.25, -0.2) is 17.9 Å². The number of Topliss-reactive ketones (excluding diaryl/α,β-unsaturated/α-hetero) is 1. The van der Waals surface area contributed by atoms with E-state index in [9.17, 15) is 18.0 Å². The molecule has 31 heavy (non-hydrogen) atoms. The van der Waals surface area contributed by atoms with Crippen molar-refractivity contribution in [1.82, 2.24) is 9.29 Å². The second kappa shape index (κ2) is 9.93. The number of sulfonamides is 1. The number of ketones is 1. The highest BCUT2D eigenvalue weighted by Crippen LogP contribution is 2.25. The Kier molecular flexibility index (Phi) is 7.80. The molecule has 0 aliphatic rings. The molecule has 0 aliphatic heterocycles. The smallest absolute Gasteiger partial charge is 0.338 e. The predicted octanol–water partition coefficient (Wildman–Crippen LogP) is 3.03. The Morgan fingerprint density at radius 1 is 1.23 bits per heavy atom. The number of allylic oxidation sites excluding steroid dienone is 1. The van der Waals surface area contributed by atoms with Crippen molar-refractivity contribution < 1.29 is 27.5 Å². The van der Waals surface area contributed by atoms with Gasteiger partial charge in [0.05, 0.1) is 12.7 Å². The molecule has 1 heterocycles. The first-order valence-electron chi connectivity index (χ1n) is 9.70. The van der Waals surface area contributed by atoms with E-state index >= 15 is 0 Å². The maximum Gasteiger partial charge on any atom is 0.338 e. The molecule has 2 rings (SSSR count). The molecule has 8 nitrogen and oxygen atoms in total. The van der Waals surface area contributed by atoms with E-state index in [1.165, 1.54) is 25.3 Å². The molecule has 0 aliphatic carbocycles. The number of hydrogen-bond acceptors (Lipinski definition) is 6. The van der Waals surface area contributed by atoms with Crippen LogP contribution < -0.4 is 9.46 Å². The molecule has 0 saturated carbocycles. The number of ether oxygens (including phenoxy) is 2. The maximum atomic E-state index is 12.6. The van der Waals surface area contributed by atoms with E-state index < -0.39 is 22.6 Å². The van der Waals surface area contributed by atoms with E-state index in [0.29, 0.717) is 12.1 Å². The summed E-state index contributed by atoms with van der Waals surface area (Å²) in [5.41, 5.74) is 2.12. The van der Waals surface area contributed by atoms with Gasteiger partial charge in [0.15, 0.2) is 6.61 Å². The Bertz CT molecular complexity index is 1100. The van der Waals surface area contributed by atoms with Crippen molar-refractivity contribution in [3.05, 3.63) is 59.4 Å². The van der Waals surface area contributed by atoms with Crippen molar-refractivity contribution in [3.8, 4) is 5.75 Å². The van der Waals surface area contributed by atoms with Crippen LogP contribution in [-0.2, 0) is 21.3 Å². The lowest BCUT2D eigenvalue weighted by molar-refractivity contribution is 0.0474. The minimum absolute atomic E-state index is 0.00476. The lowest BCUT2D eigenvalue weighted by Gasteiger charge is -2.14. The van der Waals surface area contributed by atoms with Gasteiger partial charge in [-0.2, -0.15) is 0 Å². The molecule has 0 saturated heterocycles. The zero-order valence-electron chi connectivity index (χ0n) is 18.4. The Labute approximate surface area is 182 Å². The molecule has 0 radical (unpaired) electrons. The van der Waals surface area contributed by atoms with Crippen LogP contribution in [0.1, 0.15) is 46.0 Å². The summed E-state index contributed by atoms with van der Waals surface area (Å²) in [6.07, 6.45) is 1.73. The highest BCUT2D eigenvalue weighted by Gasteiger charge is 2.24. The summed E-state index contributed by atoms with van der Waals surface area (Å²) in [4.78, 5) is 24.9. The van der Waals surface area contributed by atoms with E-state index in [1.54, 1.807) is 26.0 Å². The molecule has 9 heteroatoms. The van der Waals surface area contributed by atoms with E-state index in [1.807, 2.05) is 18.4 Å². The van der Waals surface area contributed by atoms with E-state index in [2.05, 4.69) is 11.3 Å². The molecule has 0 unspecified atom stereocenters. The molecule has 0 spiro atoms. The van der Waals surface area contributed by atoms with Gasteiger partial charge in [0.25, 0.3) is 0 Å². The molecular formula is C22H28N2O6S. The second-order valence-electron chi connectivity index (χ2n) is 7.33. The van der Waals surface area contributed by atoms with Crippen LogP contribution in [0.15, 0.2) is 41.8 Å². The standard InChI is InChI=1S/C22H28N2O6S/c1-7-10-24-15(4)11-18(16(24)5)19(25)13-30-22(26)17-8-9-20(29-6)21(12-17)31(27,28)23-14(2)3/h7-9,11-12,14,23H,1,10,13H2,2-6H3. The Morgan fingerprint density at radius 3 is 2.48 bits per heavy atom. The largest absolute Gasteiger partial charge is 0.495 e. The highest BCUT2D eigenvalue weighted by atomic mass is 32.2. The fourth-order valence-electron chi connectivity index (χ4n) is 3.17. The molecule has 0 atom stereocenters. The van der Waals surface area contributed by atoms with Gasteiger partial charge in [-0.3, -0.25) is 4.79 Å². The molecular weight excluding hydrogens is 420 g/mol. The van der Waals surface area contributed by atoms with E-state index in [0.717, 1.165) is 11.4 Å². The van der Waals surface area contributed by atoms with Crippen molar-refractivity contribution in [3.63, 3.8) is 0 Å². The van der Waals surface area contributed by atoms with Gasteiger partial charge >= 0.3 is 5.97 Å². The molecule has 0 fully saturated rings. The SMILES string of the molecule is C=CCn1c(C)cc(C(=O)COC(=O)c2ccc(OC)c(S(=O)(=O)NC(C)C)c2)c1C. The van der Waals surface area contributed by atoms with Gasteiger partial charge in [0.2, 0.25) is 15.8 Å². The van der Waals surface area contributed by atoms with Crippen LogP contribution in [0.25, 0.3) is 0 Å². The van der Waals surface area contributed by atoms with Crippen molar-refractivity contribution >= 4 is 21.8 Å². The van der Waals surface area contributed by atoms with Crippen LogP contribution in [0.4, 0.5) is 0 Å². The number of hydrogen-bond donors (Lipinski definition) is 1. The Hall–Kier alpha value is -2.91. The van der Waals surface area contributed by atoms with Gasteiger partial charge < -0.3 is 14.0 Å². The van der Waals surface area contributed by atoms with Crippen molar-refractivity contribution in [2.45, 2.75) is 45.2 Å². The lowest BCUT2D eigenvalue weighted by Crippen LogP contribution is -2.30. The van der Waals surface area contributed by atoms with Crippen molar-refractivity contribution in [2.24, 2.45) is 0 Å². The first-order valence-corrected chi connectivity index (χ1v) is 11.2. The van der Waals surface area contributed by atoms with Crippen LogP contribution in [-0.4, -0.2) is 44.5 Å². The highest BCUT2D eigenvalue weighted by molar-refractivity contribution is 7.89. The third-order valence-electron chi connectivity index (χ3n) is 4.60. The van der Waals surface area contributed by atoms with Crippen LogP contribution >= 0.6 is 0 Å². The summed E-state index contributed by atoms with van der Waals surface area (Å²) in [5.74, 6) is -1.06. The van der Waals surface area contributed by atoms with Gasteiger partial charge in [-0.05, 0) is 52.0 Å². The number of esters is 1. The Morgan fingerprint density at radius 2 is 1.90 bits per heavy atom. The normalized spacial score (nSPS) is 11.4. The third kappa shape index (κ3) is 5.62. The summed E-state index contributed by atoms with van der Waals surface area (Å²) in [6.45, 7) is 10.9. The van der Waals surface area contributed by atoms with E-state index in [-0.39, 0.29) is 28.0 Å². The minimum Gasteiger partial charge on any atom is -0.495 e. The van der Waals surface area contributed by atoms with Crippen LogP contribution in [0.2, 0.25) is 0 Å². The third-order valence-corrected chi connectivity index (χ3v) is 6.28. The number of methoxy groups -OCH3 is 1. The molecule has 1 aromatic carbocycles. The fourth-order valence-corrected chi connectivity index (χ4v) is 4.62. The molecule has 0 bridgehead atoms. The number of aryl methyl sites for hydroxylation is 1. The summed E-state index contributed by atoms with van der Waals surface area (Å²) < 4.78 is 39.8. The van der Waals surface area contributed by atoms with Crippen LogP contribution in [0.3, 0.4) is 0 Å². The minimum atomic E-state index is -3.91. The van der Waals surface area contributed by atoms with Crippen LogP contribution in [0.5, 0.6) is 5.75 Å². The average molecular weight is 449 g/mol. The quantitative estimate of drug-likeness (QED) is 0.340. The van der Waals surface area contributed by atoms with E-state index in [4.69, 9.17) is 9.47 Å². The Balaban J connectivity index is 2.21. The van der Waals surface area contributed by atoms with Gasteiger partial charge in [0.1, 0.15) is 10.6 Å². The number of carbonyl (C=O) groups is 2. The maximum absolute atomic E-state index is 12.6. The second-order valence-corrected chi connectivity index (χ2v) is 9.01. The molecule has 168 valence electrons. The zero-order chi connectivity index (χ0) is 23.3. The molecule has 1 aromatic heterocycles.